The van der Waals surface area contributed by atoms with Gasteiger partial charge in [-0.05, 0) is 42.0 Å². The molecule has 0 aliphatic carbocycles. The SMILES string of the molecule is CC(C)CCN1C(=O)C2SC=CC2=[N+](CC(=O)Nc2ccc(Cl)cc2F)C1=O. The zero-order valence-electron chi connectivity index (χ0n) is 15.4. The van der Waals surface area contributed by atoms with E-state index in [1.807, 2.05) is 13.8 Å². The first kappa shape index (κ1) is 20.5. The summed E-state index contributed by atoms with van der Waals surface area (Å²) in [6.07, 6.45) is 2.34. The molecule has 0 saturated heterocycles. The normalized spacial score (nSPS) is 18.9. The molecule has 2 heterocycles. The molecule has 0 bridgehead atoms. The van der Waals surface area contributed by atoms with Gasteiger partial charge in [0.2, 0.25) is 0 Å². The maximum absolute atomic E-state index is 13.9. The van der Waals surface area contributed by atoms with Gasteiger partial charge in [0.05, 0.1) is 12.2 Å². The van der Waals surface area contributed by atoms with Crippen LogP contribution < -0.4 is 5.32 Å². The van der Waals surface area contributed by atoms with Crippen LogP contribution >= 0.6 is 23.4 Å². The number of thioether (sulfide) groups is 1. The molecule has 2 aliphatic rings. The molecule has 148 valence electrons. The molecule has 1 aromatic rings. The van der Waals surface area contributed by atoms with Crippen LogP contribution in [-0.2, 0) is 9.59 Å². The van der Waals surface area contributed by atoms with E-state index in [0.717, 1.165) is 6.07 Å². The van der Waals surface area contributed by atoms with E-state index in [0.29, 0.717) is 24.6 Å². The molecule has 9 heteroatoms. The first-order valence-corrected chi connectivity index (χ1v) is 10.2. The highest BCUT2D eigenvalue weighted by molar-refractivity contribution is 8.04. The van der Waals surface area contributed by atoms with E-state index in [4.69, 9.17) is 11.6 Å². The van der Waals surface area contributed by atoms with Crippen molar-refractivity contribution in [2.75, 3.05) is 18.4 Å². The molecular formula is C19H20ClFN3O3S+. The lowest BCUT2D eigenvalue weighted by molar-refractivity contribution is -0.425. The summed E-state index contributed by atoms with van der Waals surface area (Å²) in [7, 11) is 0. The van der Waals surface area contributed by atoms with Crippen molar-refractivity contribution >= 4 is 52.6 Å². The Morgan fingerprint density at radius 3 is 2.82 bits per heavy atom. The number of nitrogens with one attached hydrogen (secondary N) is 1. The lowest BCUT2D eigenvalue weighted by Gasteiger charge is -2.24. The van der Waals surface area contributed by atoms with Gasteiger partial charge in [0.1, 0.15) is 11.5 Å². The van der Waals surface area contributed by atoms with Crippen LogP contribution in [0.15, 0.2) is 29.7 Å². The number of fused-ring (bicyclic) bond motifs is 1. The van der Waals surface area contributed by atoms with Gasteiger partial charge in [0, 0.05) is 5.02 Å². The Labute approximate surface area is 171 Å². The average Bonchev–Trinajstić information content (AvgIpc) is 3.10. The zero-order chi connectivity index (χ0) is 20.4. The fourth-order valence-electron chi connectivity index (χ4n) is 2.93. The summed E-state index contributed by atoms with van der Waals surface area (Å²) < 4.78 is 15.2. The first-order chi connectivity index (χ1) is 13.3. The predicted octanol–water partition coefficient (Wildman–Crippen LogP) is 3.51. The van der Waals surface area contributed by atoms with Crippen molar-refractivity contribution in [2.24, 2.45) is 5.92 Å². The molecule has 1 atom stereocenters. The second-order valence-electron chi connectivity index (χ2n) is 6.96. The van der Waals surface area contributed by atoms with Crippen LogP contribution in [-0.4, -0.2) is 51.4 Å². The Kier molecular flexibility index (Phi) is 6.20. The third kappa shape index (κ3) is 4.28. The highest BCUT2D eigenvalue weighted by Crippen LogP contribution is 2.28. The number of anilines is 1. The third-order valence-electron chi connectivity index (χ3n) is 4.42. The van der Waals surface area contributed by atoms with Gasteiger partial charge in [-0.25, -0.2) is 9.18 Å². The quantitative estimate of drug-likeness (QED) is 0.709. The highest BCUT2D eigenvalue weighted by atomic mass is 35.5. The van der Waals surface area contributed by atoms with Gasteiger partial charge in [-0.3, -0.25) is 4.79 Å². The van der Waals surface area contributed by atoms with E-state index < -0.39 is 23.0 Å². The number of imide groups is 1. The minimum atomic E-state index is -0.665. The van der Waals surface area contributed by atoms with E-state index >= 15 is 0 Å². The Balaban J connectivity index is 1.81. The molecule has 0 spiro atoms. The Bertz CT molecular complexity index is 900. The summed E-state index contributed by atoms with van der Waals surface area (Å²) in [5, 5.41) is 3.86. The monoisotopic (exact) mass is 424 g/mol. The highest BCUT2D eigenvalue weighted by Gasteiger charge is 2.49. The van der Waals surface area contributed by atoms with Crippen molar-refractivity contribution in [1.82, 2.24) is 4.90 Å². The fraction of sp³-hybridized carbons (Fsp3) is 0.368. The second-order valence-corrected chi connectivity index (χ2v) is 8.41. The van der Waals surface area contributed by atoms with E-state index in [9.17, 15) is 18.8 Å². The molecule has 6 nitrogen and oxygen atoms in total. The number of nitrogens with zero attached hydrogens (tertiary/aromatic N) is 2. The van der Waals surface area contributed by atoms with Crippen molar-refractivity contribution in [2.45, 2.75) is 25.5 Å². The van der Waals surface area contributed by atoms with E-state index in [1.54, 1.807) is 11.5 Å². The minimum absolute atomic E-state index is 0.0236. The van der Waals surface area contributed by atoms with E-state index in [-0.39, 0.29) is 23.2 Å². The molecule has 0 aromatic heterocycles. The standard InChI is InChI=1S/C19H19ClFN3O3S/c1-11(2)5-7-23-18(26)17-15(6-8-28-17)24(19(23)27)10-16(25)22-14-4-3-12(20)9-13(14)21/h3-4,6,8-9,11,17H,5,7,10H2,1-2H3/p+1. The Morgan fingerprint density at radius 1 is 1.39 bits per heavy atom. The number of benzene rings is 1. The molecule has 1 N–H and O–H groups in total. The third-order valence-corrected chi connectivity index (χ3v) is 5.67. The van der Waals surface area contributed by atoms with E-state index in [2.05, 4.69) is 5.32 Å². The predicted molar refractivity (Wildman–Crippen MR) is 107 cm³/mol. The molecule has 0 saturated carbocycles. The molecule has 3 rings (SSSR count). The summed E-state index contributed by atoms with van der Waals surface area (Å²) in [5.74, 6) is -1.17. The lowest BCUT2D eigenvalue weighted by atomic mass is 10.1. The van der Waals surface area contributed by atoms with Crippen molar-refractivity contribution < 1.29 is 23.3 Å². The van der Waals surface area contributed by atoms with Crippen LogP contribution in [0.3, 0.4) is 0 Å². The van der Waals surface area contributed by atoms with Crippen molar-refractivity contribution in [3.05, 3.63) is 40.5 Å². The lowest BCUT2D eigenvalue weighted by Crippen LogP contribution is -2.56. The molecule has 1 unspecified atom stereocenters. The number of halogens is 2. The average molecular weight is 425 g/mol. The van der Waals surface area contributed by atoms with Crippen molar-refractivity contribution in [3.63, 3.8) is 0 Å². The van der Waals surface area contributed by atoms with Crippen LogP contribution in [0.1, 0.15) is 20.3 Å². The first-order valence-electron chi connectivity index (χ1n) is 8.84. The maximum Gasteiger partial charge on any atom is 0.501 e. The second kappa shape index (κ2) is 8.45. The summed E-state index contributed by atoms with van der Waals surface area (Å²) >= 11 is 7.02. The largest absolute Gasteiger partial charge is 0.501 e. The van der Waals surface area contributed by atoms with Gasteiger partial charge >= 0.3 is 11.9 Å². The molecule has 0 fully saturated rings. The molecule has 1 aromatic carbocycles. The summed E-state index contributed by atoms with van der Waals surface area (Å²) in [6, 6.07) is 3.37. The maximum atomic E-state index is 13.9. The Hall–Kier alpha value is -2.19. The smallest absolute Gasteiger partial charge is 0.320 e. The number of amides is 4. The topological polar surface area (TPSA) is 69.5 Å². The molecule has 4 amide bonds. The van der Waals surface area contributed by atoms with Gasteiger partial charge in [0.25, 0.3) is 5.91 Å². The molecule has 2 aliphatic heterocycles. The van der Waals surface area contributed by atoms with Crippen LogP contribution in [0.2, 0.25) is 5.02 Å². The van der Waals surface area contributed by atoms with Crippen molar-refractivity contribution in [1.29, 1.82) is 0 Å². The van der Waals surface area contributed by atoms with Gasteiger partial charge in [0.15, 0.2) is 11.8 Å². The summed E-state index contributed by atoms with van der Waals surface area (Å²) in [6.45, 7) is 4.00. The number of carbonyl (C=O) groups is 3. The molecular weight excluding hydrogens is 405 g/mol. The number of hydrogen-bond donors (Lipinski definition) is 1. The number of rotatable bonds is 6. The van der Waals surface area contributed by atoms with Gasteiger partial charge in [-0.2, -0.15) is 14.3 Å². The number of carbonyl (C=O) groups excluding carboxylic acids is 3. The number of hydrogen-bond acceptors (Lipinski definition) is 4. The molecule has 0 radical (unpaired) electrons. The van der Waals surface area contributed by atoms with Crippen LogP contribution in [0.25, 0.3) is 0 Å². The molecule has 28 heavy (non-hydrogen) atoms. The number of allylic oxidation sites excluding steroid dienone is 1. The summed E-state index contributed by atoms with van der Waals surface area (Å²) in [5.41, 5.74) is 0.456. The van der Waals surface area contributed by atoms with E-state index in [1.165, 1.54) is 33.4 Å². The van der Waals surface area contributed by atoms with Gasteiger partial charge in [-0.1, -0.05) is 25.4 Å². The van der Waals surface area contributed by atoms with Gasteiger partial charge in [-0.15, -0.1) is 11.8 Å². The fourth-order valence-corrected chi connectivity index (χ4v) is 4.05. The van der Waals surface area contributed by atoms with Gasteiger partial charge < -0.3 is 5.32 Å². The number of urea groups is 1. The zero-order valence-corrected chi connectivity index (χ0v) is 17.0. The summed E-state index contributed by atoms with van der Waals surface area (Å²) in [4.78, 5) is 39.2. The van der Waals surface area contributed by atoms with Crippen molar-refractivity contribution in [3.8, 4) is 0 Å². The van der Waals surface area contributed by atoms with Crippen LogP contribution in [0, 0.1) is 11.7 Å². The van der Waals surface area contributed by atoms with Crippen LogP contribution in [0.5, 0.6) is 0 Å². The minimum Gasteiger partial charge on any atom is -0.320 e. The van der Waals surface area contributed by atoms with Crippen LogP contribution in [0.4, 0.5) is 14.9 Å². The Morgan fingerprint density at radius 2 is 2.14 bits per heavy atom.